The number of hydrogen-bond acceptors (Lipinski definition) is 3. The van der Waals surface area contributed by atoms with Gasteiger partial charge in [0.25, 0.3) is 0 Å². The Bertz CT molecular complexity index is 872. The summed E-state index contributed by atoms with van der Waals surface area (Å²) in [7, 11) is 0. The first kappa shape index (κ1) is 14.7. The van der Waals surface area contributed by atoms with Crippen molar-refractivity contribution in [1.29, 1.82) is 0 Å². The molecule has 0 amide bonds. The summed E-state index contributed by atoms with van der Waals surface area (Å²) in [6.45, 7) is 0. The quantitative estimate of drug-likeness (QED) is 0.519. The number of carbonyl (C=O) groups is 1. The van der Waals surface area contributed by atoms with Crippen LogP contribution in [0.2, 0.25) is 0 Å². The SMILES string of the molecule is O=C([O-])c1cccc2c(=O)c3ccccc3ccc12.[Na+]. The standard InChI is InChI=1S/C16H10O3.Na/c17-15-11-5-2-1-4-10(11)8-9-12-13(15)6-3-7-14(12)16(18)19;/h1-9H,(H,18,19);/q;+1/p-1. The van der Waals surface area contributed by atoms with Gasteiger partial charge in [0, 0.05) is 16.3 Å². The molecule has 0 N–H and O–H groups in total. The van der Waals surface area contributed by atoms with Crippen molar-refractivity contribution in [2.45, 2.75) is 0 Å². The number of carboxylic acid groups (broad SMARTS) is 1. The second-order valence-electron chi connectivity index (χ2n) is 4.30. The molecule has 0 heterocycles. The molecular formula is C16H9NaO3. The average molecular weight is 272 g/mol. The predicted octanol–water partition coefficient (Wildman–Crippen LogP) is -1.28. The van der Waals surface area contributed by atoms with Crippen LogP contribution in [0.4, 0.5) is 0 Å². The third-order valence-corrected chi connectivity index (χ3v) is 3.21. The summed E-state index contributed by atoms with van der Waals surface area (Å²) >= 11 is 0. The monoisotopic (exact) mass is 272 g/mol. The first-order valence-electron chi connectivity index (χ1n) is 5.84. The number of aromatic carboxylic acids is 1. The van der Waals surface area contributed by atoms with Gasteiger partial charge in [-0.1, -0.05) is 54.6 Å². The molecule has 0 unspecified atom stereocenters. The molecule has 0 aliphatic heterocycles. The Kier molecular flexibility index (Phi) is 4.23. The third-order valence-electron chi connectivity index (χ3n) is 3.21. The summed E-state index contributed by atoms with van der Waals surface area (Å²) in [5.41, 5.74) is -0.131. The Morgan fingerprint density at radius 2 is 1.50 bits per heavy atom. The molecule has 0 aliphatic rings. The van der Waals surface area contributed by atoms with E-state index in [-0.39, 0.29) is 40.5 Å². The van der Waals surface area contributed by atoms with Crippen molar-refractivity contribution in [3.63, 3.8) is 0 Å². The van der Waals surface area contributed by atoms with Gasteiger partial charge in [-0.3, -0.25) is 4.79 Å². The molecule has 3 nitrogen and oxygen atoms in total. The molecule has 92 valence electrons. The van der Waals surface area contributed by atoms with E-state index in [0.29, 0.717) is 16.2 Å². The van der Waals surface area contributed by atoms with Crippen LogP contribution in [0.1, 0.15) is 10.4 Å². The summed E-state index contributed by atoms with van der Waals surface area (Å²) in [6.07, 6.45) is 0. The molecular weight excluding hydrogens is 263 g/mol. The predicted molar refractivity (Wildman–Crippen MR) is 72.1 cm³/mol. The molecule has 3 aromatic rings. The van der Waals surface area contributed by atoms with Gasteiger partial charge in [0.2, 0.25) is 0 Å². The van der Waals surface area contributed by atoms with E-state index in [1.165, 1.54) is 6.07 Å². The van der Waals surface area contributed by atoms with Crippen LogP contribution in [0.5, 0.6) is 0 Å². The second-order valence-corrected chi connectivity index (χ2v) is 4.30. The van der Waals surface area contributed by atoms with E-state index in [1.807, 2.05) is 12.1 Å². The Morgan fingerprint density at radius 3 is 2.25 bits per heavy atom. The van der Waals surface area contributed by atoms with Crippen molar-refractivity contribution in [1.82, 2.24) is 0 Å². The van der Waals surface area contributed by atoms with Crippen LogP contribution in [0.15, 0.2) is 59.4 Å². The van der Waals surface area contributed by atoms with Gasteiger partial charge in [-0.25, -0.2) is 0 Å². The Balaban J connectivity index is 0.00000147. The maximum atomic E-state index is 12.4. The number of benzene rings is 2. The molecule has 0 fully saturated rings. The van der Waals surface area contributed by atoms with E-state index in [9.17, 15) is 14.7 Å². The van der Waals surface area contributed by atoms with Crippen LogP contribution in [-0.4, -0.2) is 5.97 Å². The maximum absolute atomic E-state index is 12.4. The minimum absolute atomic E-state index is 0. The molecule has 0 radical (unpaired) electrons. The van der Waals surface area contributed by atoms with Gasteiger partial charge in [-0.2, -0.15) is 0 Å². The van der Waals surface area contributed by atoms with Crippen molar-refractivity contribution >= 4 is 27.5 Å². The third kappa shape index (κ3) is 2.36. The molecule has 20 heavy (non-hydrogen) atoms. The molecule has 0 spiro atoms. The van der Waals surface area contributed by atoms with E-state index < -0.39 is 5.97 Å². The van der Waals surface area contributed by atoms with Gasteiger partial charge in [0.05, 0.1) is 5.97 Å². The summed E-state index contributed by atoms with van der Waals surface area (Å²) < 4.78 is 0. The van der Waals surface area contributed by atoms with Crippen LogP contribution in [0.25, 0.3) is 21.5 Å². The van der Waals surface area contributed by atoms with Gasteiger partial charge in [-0.05, 0) is 10.8 Å². The molecule has 3 rings (SSSR count). The summed E-state index contributed by atoms with van der Waals surface area (Å²) in [4.78, 5) is 23.6. The van der Waals surface area contributed by atoms with E-state index in [4.69, 9.17) is 0 Å². The molecule has 0 saturated carbocycles. The Labute approximate surface area is 137 Å². The molecule has 3 aromatic carbocycles. The van der Waals surface area contributed by atoms with Crippen molar-refractivity contribution in [3.05, 3.63) is 70.4 Å². The number of carbonyl (C=O) groups excluding carboxylic acids is 1. The van der Waals surface area contributed by atoms with Crippen LogP contribution >= 0.6 is 0 Å². The zero-order chi connectivity index (χ0) is 13.4. The fraction of sp³-hybridized carbons (Fsp3) is 0. The van der Waals surface area contributed by atoms with E-state index in [1.54, 1.807) is 36.4 Å². The van der Waals surface area contributed by atoms with Gasteiger partial charge >= 0.3 is 29.6 Å². The smallest absolute Gasteiger partial charge is 0.545 e. The van der Waals surface area contributed by atoms with Crippen molar-refractivity contribution in [2.75, 3.05) is 0 Å². The van der Waals surface area contributed by atoms with Gasteiger partial charge < -0.3 is 9.90 Å². The minimum Gasteiger partial charge on any atom is -0.545 e. The number of hydrogen-bond donors (Lipinski definition) is 0. The summed E-state index contributed by atoms with van der Waals surface area (Å²) in [5, 5.41) is 13.3. The van der Waals surface area contributed by atoms with E-state index in [0.717, 1.165) is 5.39 Å². The first-order chi connectivity index (χ1) is 9.18. The normalized spacial score (nSPS) is 10.2. The van der Waals surface area contributed by atoms with Gasteiger partial charge in [0.15, 0.2) is 5.43 Å². The second kappa shape index (κ2) is 5.75. The van der Waals surface area contributed by atoms with Crippen LogP contribution in [0, 0.1) is 0 Å². The minimum atomic E-state index is -1.28. The van der Waals surface area contributed by atoms with Crippen LogP contribution < -0.4 is 40.1 Å². The summed E-state index contributed by atoms with van der Waals surface area (Å²) in [6, 6.07) is 15.2. The van der Waals surface area contributed by atoms with Gasteiger partial charge in [0.1, 0.15) is 0 Å². The van der Waals surface area contributed by atoms with E-state index >= 15 is 0 Å². The fourth-order valence-electron chi connectivity index (χ4n) is 2.29. The fourth-order valence-corrected chi connectivity index (χ4v) is 2.29. The molecule has 4 heteroatoms. The maximum Gasteiger partial charge on any atom is 1.00 e. The number of rotatable bonds is 1. The molecule has 0 saturated heterocycles. The van der Waals surface area contributed by atoms with Crippen LogP contribution in [-0.2, 0) is 0 Å². The Morgan fingerprint density at radius 1 is 0.800 bits per heavy atom. The molecule has 0 aliphatic carbocycles. The topological polar surface area (TPSA) is 57.2 Å². The van der Waals surface area contributed by atoms with Gasteiger partial charge in [-0.15, -0.1) is 0 Å². The average Bonchev–Trinajstić information content (AvgIpc) is 2.57. The molecule has 0 atom stereocenters. The van der Waals surface area contributed by atoms with E-state index in [2.05, 4.69) is 0 Å². The molecule has 0 bridgehead atoms. The number of fused-ring (bicyclic) bond motifs is 2. The van der Waals surface area contributed by atoms with Crippen LogP contribution in [0.3, 0.4) is 0 Å². The largest absolute Gasteiger partial charge is 1.00 e. The first-order valence-corrected chi connectivity index (χ1v) is 5.84. The summed E-state index contributed by atoms with van der Waals surface area (Å²) in [5.74, 6) is -1.28. The van der Waals surface area contributed by atoms with Crippen molar-refractivity contribution < 1.29 is 39.5 Å². The Hall–Kier alpha value is -1.68. The van der Waals surface area contributed by atoms with Crippen molar-refractivity contribution in [3.8, 4) is 0 Å². The zero-order valence-electron chi connectivity index (χ0n) is 10.9. The zero-order valence-corrected chi connectivity index (χ0v) is 12.9. The van der Waals surface area contributed by atoms with Crippen molar-refractivity contribution in [2.24, 2.45) is 0 Å². The molecule has 0 aromatic heterocycles. The number of carboxylic acids is 1.